The van der Waals surface area contributed by atoms with Crippen molar-refractivity contribution in [1.82, 2.24) is 4.98 Å². The summed E-state index contributed by atoms with van der Waals surface area (Å²) in [7, 11) is 0. The number of aromatic nitrogens is 1. The lowest BCUT2D eigenvalue weighted by Crippen LogP contribution is -2.07. The Bertz CT molecular complexity index is 686. The van der Waals surface area contributed by atoms with Crippen molar-refractivity contribution in [1.29, 1.82) is 5.26 Å². The molecule has 4 nitrogen and oxygen atoms in total. The van der Waals surface area contributed by atoms with E-state index in [2.05, 4.69) is 4.98 Å². The first-order valence-corrected chi connectivity index (χ1v) is 6.38. The Morgan fingerprint density at radius 2 is 2.21 bits per heavy atom. The van der Waals surface area contributed by atoms with Gasteiger partial charge in [-0.1, -0.05) is 29.3 Å². The molecule has 1 N–H and O–H groups in total. The van der Waals surface area contributed by atoms with Crippen LogP contribution >= 0.6 is 23.2 Å². The number of aromatic amines is 1. The van der Waals surface area contributed by atoms with Crippen LogP contribution in [0.5, 0.6) is 0 Å². The second-order valence-corrected chi connectivity index (χ2v) is 4.60. The SMILES string of the molecule is CCOC(=O)c1[nH]c2c(Cl)c(Cl)ccc2c1CC#N. The summed E-state index contributed by atoms with van der Waals surface area (Å²) in [5.74, 6) is -0.504. The minimum Gasteiger partial charge on any atom is -0.461 e. The molecule has 0 saturated carbocycles. The average Bonchev–Trinajstić information content (AvgIpc) is 2.75. The molecule has 0 saturated heterocycles. The Morgan fingerprint density at radius 1 is 1.47 bits per heavy atom. The van der Waals surface area contributed by atoms with Crippen LogP contribution in [-0.2, 0) is 11.2 Å². The van der Waals surface area contributed by atoms with Crippen LogP contribution in [0.3, 0.4) is 0 Å². The van der Waals surface area contributed by atoms with E-state index in [4.69, 9.17) is 33.2 Å². The van der Waals surface area contributed by atoms with Crippen molar-refractivity contribution >= 4 is 40.1 Å². The summed E-state index contributed by atoms with van der Waals surface area (Å²) in [4.78, 5) is 14.8. The van der Waals surface area contributed by atoms with Crippen molar-refractivity contribution in [3.8, 4) is 6.07 Å². The van der Waals surface area contributed by atoms with Crippen LogP contribution in [0.4, 0.5) is 0 Å². The number of nitrogens with zero attached hydrogens (tertiary/aromatic N) is 1. The molecule has 0 unspecified atom stereocenters. The smallest absolute Gasteiger partial charge is 0.355 e. The van der Waals surface area contributed by atoms with Crippen molar-refractivity contribution in [2.24, 2.45) is 0 Å². The number of ether oxygens (including phenoxy) is 1. The summed E-state index contributed by atoms with van der Waals surface area (Å²) in [6, 6.07) is 5.40. The van der Waals surface area contributed by atoms with Gasteiger partial charge in [0.25, 0.3) is 0 Å². The highest BCUT2D eigenvalue weighted by atomic mass is 35.5. The van der Waals surface area contributed by atoms with Crippen LogP contribution < -0.4 is 0 Å². The number of nitrogens with one attached hydrogen (secondary N) is 1. The van der Waals surface area contributed by atoms with Gasteiger partial charge in [0, 0.05) is 10.9 Å². The highest BCUT2D eigenvalue weighted by Gasteiger charge is 2.20. The van der Waals surface area contributed by atoms with Gasteiger partial charge in [0.15, 0.2) is 0 Å². The minimum absolute atomic E-state index is 0.0894. The van der Waals surface area contributed by atoms with Crippen molar-refractivity contribution in [3.05, 3.63) is 33.4 Å². The second kappa shape index (κ2) is 5.52. The molecule has 0 aliphatic rings. The van der Waals surface area contributed by atoms with E-state index in [9.17, 15) is 4.79 Å². The molecule has 1 aromatic carbocycles. The largest absolute Gasteiger partial charge is 0.461 e. The zero-order chi connectivity index (χ0) is 14.0. The number of rotatable bonds is 3. The van der Waals surface area contributed by atoms with E-state index in [1.807, 2.05) is 6.07 Å². The molecule has 1 aromatic heterocycles. The Morgan fingerprint density at radius 3 is 2.84 bits per heavy atom. The average molecular weight is 297 g/mol. The van der Waals surface area contributed by atoms with E-state index in [-0.39, 0.29) is 18.7 Å². The Labute approximate surface area is 119 Å². The van der Waals surface area contributed by atoms with Gasteiger partial charge in [-0.15, -0.1) is 0 Å². The molecule has 1 heterocycles. The number of carbonyl (C=O) groups is 1. The van der Waals surface area contributed by atoms with Gasteiger partial charge in [-0.3, -0.25) is 0 Å². The number of hydrogen-bond acceptors (Lipinski definition) is 3. The van der Waals surface area contributed by atoms with Crippen molar-refractivity contribution < 1.29 is 9.53 Å². The molecule has 0 aliphatic heterocycles. The van der Waals surface area contributed by atoms with Crippen LogP contribution in [0.2, 0.25) is 10.0 Å². The van der Waals surface area contributed by atoms with Gasteiger partial charge in [-0.25, -0.2) is 4.79 Å². The fraction of sp³-hybridized carbons (Fsp3) is 0.231. The first-order valence-electron chi connectivity index (χ1n) is 5.62. The number of carbonyl (C=O) groups excluding carboxylic acids is 1. The molecule has 0 amide bonds. The van der Waals surface area contributed by atoms with Gasteiger partial charge in [0.05, 0.1) is 34.7 Å². The van der Waals surface area contributed by atoms with Crippen LogP contribution in [0, 0.1) is 11.3 Å². The number of nitriles is 1. The number of esters is 1. The number of H-pyrrole nitrogens is 1. The monoisotopic (exact) mass is 296 g/mol. The summed E-state index contributed by atoms with van der Waals surface area (Å²) in [6.45, 7) is 1.98. The predicted octanol–water partition coefficient (Wildman–Crippen LogP) is 3.72. The third-order valence-electron chi connectivity index (χ3n) is 2.71. The van der Waals surface area contributed by atoms with Gasteiger partial charge in [-0.05, 0) is 13.0 Å². The normalized spacial score (nSPS) is 10.4. The molecule has 19 heavy (non-hydrogen) atoms. The van der Waals surface area contributed by atoms with Crippen LogP contribution in [0.25, 0.3) is 10.9 Å². The Kier molecular flexibility index (Phi) is 3.98. The highest BCUT2D eigenvalue weighted by Crippen LogP contribution is 2.33. The van der Waals surface area contributed by atoms with Crippen molar-refractivity contribution in [2.45, 2.75) is 13.3 Å². The quantitative estimate of drug-likeness (QED) is 0.878. The topological polar surface area (TPSA) is 65.9 Å². The third kappa shape index (κ3) is 2.40. The van der Waals surface area contributed by atoms with Gasteiger partial charge in [0.1, 0.15) is 5.69 Å². The zero-order valence-electron chi connectivity index (χ0n) is 10.1. The van der Waals surface area contributed by atoms with Crippen LogP contribution in [-0.4, -0.2) is 17.6 Å². The summed E-state index contributed by atoms with van der Waals surface area (Å²) in [5.41, 5.74) is 1.37. The maximum Gasteiger partial charge on any atom is 0.355 e. The molecule has 0 aliphatic carbocycles. The second-order valence-electron chi connectivity index (χ2n) is 3.82. The van der Waals surface area contributed by atoms with Crippen LogP contribution in [0.15, 0.2) is 12.1 Å². The van der Waals surface area contributed by atoms with Crippen molar-refractivity contribution in [2.75, 3.05) is 6.61 Å². The molecule has 0 radical (unpaired) electrons. The number of halogens is 2. The first kappa shape index (κ1) is 13.7. The number of benzene rings is 1. The third-order valence-corrected chi connectivity index (χ3v) is 3.51. The van der Waals surface area contributed by atoms with Gasteiger partial charge < -0.3 is 9.72 Å². The minimum atomic E-state index is -0.504. The molecule has 0 fully saturated rings. The molecule has 98 valence electrons. The van der Waals surface area contributed by atoms with E-state index < -0.39 is 5.97 Å². The molecule has 0 atom stereocenters. The van der Waals surface area contributed by atoms with Gasteiger partial charge >= 0.3 is 5.97 Å². The number of hydrogen-bond donors (Lipinski definition) is 1. The summed E-state index contributed by atoms with van der Waals surface area (Å²) < 4.78 is 4.96. The standard InChI is InChI=1S/C13H10Cl2N2O2/c1-2-19-13(18)12-8(5-6-16)7-3-4-9(14)10(15)11(7)17-12/h3-4,17H,2,5H2,1H3. The van der Waals surface area contributed by atoms with E-state index in [1.165, 1.54) is 0 Å². The molecule has 2 rings (SSSR count). The molecule has 6 heteroatoms. The van der Waals surface area contributed by atoms with E-state index in [1.54, 1.807) is 19.1 Å². The Hall–Kier alpha value is -1.70. The van der Waals surface area contributed by atoms with Gasteiger partial charge in [0.2, 0.25) is 0 Å². The zero-order valence-corrected chi connectivity index (χ0v) is 11.6. The summed E-state index contributed by atoms with van der Waals surface area (Å²) in [6.07, 6.45) is 0.0894. The molecular formula is C13H10Cl2N2O2. The fourth-order valence-electron chi connectivity index (χ4n) is 1.90. The van der Waals surface area contributed by atoms with E-state index in [0.29, 0.717) is 26.5 Å². The van der Waals surface area contributed by atoms with E-state index >= 15 is 0 Å². The van der Waals surface area contributed by atoms with Crippen LogP contribution in [0.1, 0.15) is 23.0 Å². The summed E-state index contributed by atoms with van der Waals surface area (Å²) in [5, 5.41) is 10.3. The maximum atomic E-state index is 11.9. The highest BCUT2D eigenvalue weighted by molar-refractivity contribution is 6.45. The Balaban J connectivity index is 2.70. The first-order chi connectivity index (χ1) is 9.10. The maximum absolute atomic E-state index is 11.9. The molecule has 0 bridgehead atoms. The fourth-order valence-corrected chi connectivity index (χ4v) is 2.27. The lowest BCUT2D eigenvalue weighted by molar-refractivity contribution is 0.0519. The lowest BCUT2D eigenvalue weighted by Gasteiger charge is -2.00. The predicted molar refractivity (Wildman–Crippen MR) is 73.6 cm³/mol. The summed E-state index contributed by atoms with van der Waals surface area (Å²) >= 11 is 12.0. The van der Waals surface area contributed by atoms with Crippen molar-refractivity contribution in [3.63, 3.8) is 0 Å². The molecule has 0 spiro atoms. The van der Waals surface area contributed by atoms with E-state index in [0.717, 1.165) is 0 Å². The lowest BCUT2D eigenvalue weighted by atomic mass is 10.1. The van der Waals surface area contributed by atoms with Gasteiger partial charge in [-0.2, -0.15) is 5.26 Å². The molecule has 2 aromatic rings. The molecular weight excluding hydrogens is 287 g/mol. The number of fused-ring (bicyclic) bond motifs is 1.